The van der Waals surface area contributed by atoms with E-state index in [1.165, 1.54) is 17.5 Å². The first-order valence-corrected chi connectivity index (χ1v) is 6.93. The summed E-state index contributed by atoms with van der Waals surface area (Å²) in [7, 11) is 0. The van der Waals surface area contributed by atoms with E-state index in [0.717, 1.165) is 37.8 Å². The van der Waals surface area contributed by atoms with Crippen molar-refractivity contribution in [3.05, 3.63) is 34.9 Å². The van der Waals surface area contributed by atoms with E-state index < -0.39 is 0 Å². The SMILES string of the molecule is Cl.NCC1CCCN1C(=O)c1cccc2c1CCC2. The zero-order valence-electron chi connectivity index (χ0n) is 11.1. The minimum atomic E-state index is 0. The smallest absolute Gasteiger partial charge is 0.254 e. The molecule has 2 N–H and O–H groups in total. The number of amides is 1. The molecule has 1 amide bonds. The van der Waals surface area contributed by atoms with Crippen LogP contribution in [0.5, 0.6) is 0 Å². The number of halogens is 1. The maximum atomic E-state index is 12.6. The maximum absolute atomic E-state index is 12.6. The van der Waals surface area contributed by atoms with Gasteiger partial charge in [0, 0.05) is 24.7 Å². The summed E-state index contributed by atoms with van der Waals surface area (Å²) in [4.78, 5) is 14.6. The lowest BCUT2D eigenvalue weighted by Crippen LogP contribution is -2.40. The van der Waals surface area contributed by atoms with Gasteiger partial charge in [0.05, 0.1) is 0 Å². The highest BCUT2D eigenvalue weighted by molar-refractivity contribution is 5.96. The maximum Gasteiger partial charge on any atom is 0.254 e. The van der Waals surface area contributed by atoms with Crippen molar-refractivity contribution < 1.29 is 4.79 Å². The normalized spacial score (nSPS) is 21.1. The zero-order chi connectivity index (χ0) is 12.5. The van der Waals surface area contributed by atoms with Gasteiger partial charge in [0.1, 0.15) is 0 Å². The van der Waals surface area contributed by atoms with Crippen molar-refractivity contribution in [2.75, 3.05) is 13.1 Å². The van der Waals surface area contributed by atoms with Crippen molar-refractivity contribution >= 4 is 18.3 Å². The van der Waals surface area contributed by atoms with E-state index in [2.05, 4.69) is 6.07 Å². The molecule has 19 heavy (non-hydrogen) atoms. The Hall–Kier alpha value is -1.06. The van der Waals surface area contributed by atoms with E-state index in [4.69, 9.17) is 5.73 Å². The molecule has 0 saturated carbocycles. The topological polar surface area (TPSA) is 46.3 Å². The van der Waals surface area contributed by atoms with Gasteiger partial charge >= 0.3 is 0 Å². The van der Waals surface area contributed by atoms with Crippen molar-refractivity contribution in [2.24, 2.45) is 5.73 Å². The molecule has 1 aliphatic carbocycles. The summed E-state index contributed by atoms with van der Waals surface area (Å²) in [5.74, 6) is 0.196. The van der Waals surface area contributed by atoms with E-state index in [0.29, 0.717) is 6.54 Å². The Labute approximate surface area is 120 Å². The van der Waals surface area contributed by atoms with Crippen LogP contribution in [0.4, 0.5) is 0 Å². The zero-order valence-corrected chi connectivity index (χ0v) is 11.9. The van der Waals surface area contributed by atoms with E-state index in [-0.39, 0.29) is 24.4 Å². The first-order chi connectivity index (χ1) is 8.81. The van der Waals surface area contributed by atoms with Crippen LogP contribution in [0.2, 0.25) is 0 Å². The molecule has 104 valence electrons. The van der Waals surface area contributed by atoms with Crippen molar-refractivity contribution in [2.45, 2.75) is 38.1 Å². The number of fused-ring (bicyclic) bond motifs is 1. The van der Waals surface area contributed by atoms with Gasteiger partial charge in [-0.1, -0.05) is 12.1 Å². The molecule has 0 spiro atoms. The average Bonchev–Trinajstić information content (AvgIpc) is 3.05. The molecular weight excluding hydrogens is 260 g/mol. The minimum absolute atomic E-state index is 0. The van der Waals surface area contributed by atoms with Crippen molar-refractivity contribution in [3.63, 3.8) is 0 Å². The summed E-state index contributed by atoms with van der Waals surface area (Å²) in [5, 5.41) is 0. The van der Waals surface area contributed by atoms with Crippen LogP contribution in [-0.2, 0) is 12.8 Å². The number of nitrogens with zero attached hydrogens (tertiary/aromatic N) is 1. The third kappa shape index (κ3) is 2.49. The van der Waals surface area contributed by atoms with Gasteiger partial charge in [0.15, 0.2) is 0 Å². The Balaban J connectivity index is 0.00000133. The van der Waals surface area contributed by atoms with Gasteiger partial charge in [-0.3, -0.25) is 4.79 Å². The number of carbonyl (C=O) groups excluding carboxylic acids is 1. The van der Waals surface area contributed by atoms with Crippen LogP contribution in [0.1, 0.15) is 40.7 Å². The van der Waals surface area contributed by atoms with E-state index in [9.17, 15) is 4.79 Å². The van der Waals surface area contributed by atoms with Crippen molar-refractivity contribution in [1.82, 2.24) is 4.90 Å². The number of likely N-dealkylation sites (tertiary alicyclic amines) is 1. The van der Waals surface area contributed by atoms with Crippen LogP contribution in [0.15, 0.2) is 18.2 Å². The summed E-state index contributed by atoms with van der Waals surface area (Å²) in [5.41, 5.74) is 9.33. The first kappa shape index (κ1) is 14.4. The largest absolute Gasteiger partial charge is 0.334 e. The number of rotatable bonds is 2. The van der Waals surface area contributed by atoms with Crippen LogP contribution < -0.4 is 5.73 Å². The van der Waals surface area contributed by atoms with Gasteiger partial charge in [0.2, 0.25) is 0 Å². The predicted molar refractivity (Wildman–Crippen MR) is 78.8 cm³/mol. The summed E-state index contributed by atoms with van der Waals surface area (Å²) >= 11 is 0. The van der Waals surface area contributed by atoms with Gasteiger partial charge in [0.25, 0.3) is 5.91 Å². The number of carbonyl (C=O) groups is 1. The number of aryl methyl sites for hydroxylation is 1. The van der Waals surface area contributed by atoms with Gasteiger partial charge in [-0.25, -0.2) is 0 Å². The van der Waals surface area contributed by atoms with Gasteiger partial charge < -0.3 is 10.6 Å². The highest BCUT2D eigenvalue weighted by Crippen LogP contribution is 2.28. The fraction of sp³-hybridized carbons (Fsp3) is 0.533. The van der Waals surface area contributed by atoms with Crippen LogP contribution in [0.3, 0.4) is 0 Å². The molecule has 2 aliphatic rings. The molecule has 1 saturated heterocycles. The molecule has 0 radical (unpaired) electrons. The molecule has 1 heterocycles. The Bertz CT molecular complexity index is 475. The third-order valence-electron chi connectivity index (χ3n) is 4.29. The predicted octanol–water partition coefficient (Wildman–Crippen LogP) is 2.16. The molecule has 1 aromatic rings. The molecule has 0 bridgehead atoms. The number of hydrogen-bond acceptors (Lipinski definition) is 2. The fourth-order valence-corrected chi connectivity index (χ4v) is 3.32. The Morgan fingerprint density at radius 2 is 2.16 bits per heavy atom. The number of benzene rings is 1. The molecule has 1 fully saturated rings. The molecule has 1 aliphatic heterocycles. The van der Waals surface area contributed by atoms with Crippen LogP contribution >= 0.6 is 12.4 Å². The summed E-state index contributed by atoms with van der Waals surface area (Å²) in [6.45, 7) is 1.45. The summed E-state index contributed by atoms with van der Waals surface area (Å²) in [6.07, 6.45) is 5.50. The number of nitrogens with two attached hydrogens (primary N) is 1. The Kier molecular flexibility index (Phi) is 4.48. The molecule has 1 atom stereocenters. The second-order valence-electron chi connectivity index (χ2n) is 5.33. The highest BCUT2D eigenvalue weighted by Gasteiger charge is 2.30. The standard InChI is InChI=1S/C15H20N2O.ClH/c16-10-12-6-3-9-17(12)15(18)14-8-2-5-11-4-1-7-13(11)14;/h2,5,8,12H,1,3-4,6-7,9-10,16H2;1H. The van der Waals surface area contributed by atoms with Crippen LogP contribution in [0.25, 0.3) is 0 Å². The molecular formula is C15H21ClN2O. The van der Waals surface area contributed by atoms with E-state index in [1.54, 1.807) is 0 Å². The Morgan fingerprint density at radius 3 is 2.95 bits per heavy atom. The monoisotopic (exact) mass is 280 g/mol. The van der Waals surface area contributed by atoms with E-state index in [1.807, 2.05) is 17.0 Å². The molecule has 1 unspecified atom stereocenters. The van der Waals surface area contributed by atoms with Crippen molar-refractivity contribution in [3.8, 4) is 0 Å². The van der Waals surface area contributed by atoms with Gasteiger partial charge in [-0.2, -0.15) is 0 Å². The van der Waals surface area contributed by atoms with Gasteiger partial charge in [-0.05, 0) is 49.3 Å². The molecule has 1 aromatic carbocycles. The van der Waals surface area contributed by atoms with Crippen LogP contribution in [-0.4, -0.2) is 29.9 Å². The summed E-state index contributed by atoms with van der Waals surface area (Å²) in [6, 6.07) is 6.40. The highest BCUT2D eigenvalue weighted by atomic mass is 35.5. The fourth-order valence-electron chi connectivity index (χ4n) is 3.32. The van der Waals surface area contributed by atoms with Crippen molar-refractivity contribution in [1.29, 1.82) is 0 Å². The van der Waals surface area contributed by atoms with Crippen LogP contribution in [0, 0.1) is 0 Å². The van der Waals surface area contributed by atoms with E-state index >= 15 is 0 Å². The third-order valence-corrected chi connectivity index (χ3v) is 4.29. The quantitative estimate of drug-likeness (QED) is 0.902. The summed E-state index contributed by atoms with van der Waals surface area (Å²) < 4.78 is 0. The molecule has 0 aromatic heterocycles. The molecule has 3 nitrogen and oxygen atoms in total. The van der Waals surface area contributed by atoms with Gasteiger partial charge in [-0.15, -0.1) is 12.4 Å². The second-order valence-corrected chi connectivity index (χ2v) is 5.33. The number of hydrogen-bond donors (Lipinski definition) is 1. The first-order valence-electron chi connectivity index (χ1n) is 6.93. The lowest BCUT2D eigenvalue weighted by Gasteiger charge is -2.24. The lowest BCUT2D eigenvalue weighted by atomic mass is 10.0. The second kappa shape index (κ2) is 5.93. The Morgan fingerprint density at radius 1 is 1.32 bits per heavy atom. The lowest BCUT2D eigenvalue weighted by molar-refractivity contribution is 0.0740. The minimum Gasteiger partial charge on any atom is -0.334 e. The molecule has 4 heteroatoms. The molecule has 3 rings (SSSR count). The average molecular weight is 281 g/mol.